The van der Waals surface area contributed by atoms with Crippen LogP contribution in [0.1, 0.15) is 5.56 Å². The van der Waals surface area contributed by atoms with E-state index in [1.54, 1.807) is 19.3 Å². The predicted molar refractivity (Wildman–Crippen MR) is 106 cm³/mol. The number of hydrogen-bond donors (Lipinski definition) is 0. The second-order valence-corrected chi connectivity index (χ2v) is 6.42. The van der Waals surface area contributed by atoms with Crippen molar-refractivity contribution in [2.75, 3.05) is 26.1 Å². The summed E-state index contributed by atoms with van der Waals surface area (Å²) >= 11 is 0. The van der Waals surface area contributed by atoms with E-state index in [0.29, 0.717) is 16.4 Å². The molecule has 0 bridgehead atoms. The van der Waals surface area contributed by atoms with Gasteiger partial charge in [-0.1, -0.05) is 24.3 Å². The standard InChI is InChI=1S/C22H19NO3/c1-23(2)15-9-7-14(8-10-15)13-20-22(24)17-11-12-18(25-3)16-5-4-6-19(26-20)21(16)17/h4-13H,1-3H3. The first-order chi connectivity index (χ1) is 12.6. The van der Waals surface area contributed by atoms with Gasteiger partial charge in [-0.3, -0.25) is 4.79 Å². The average Bonchev–Trinajstić information content (AvgIpc) is 2.66. The smallest absolute Gasteiger partial charge is 0.228 e. The van der Waals surface area contributed by atoms with E-state index in [2.05, 4.69) is 0 Å². The molecule has 0 aliphatic carbocycles. The molecule has 3 aromatic carbocycles. The second-order valence-electron chi connectivity index (χ2n) is 6.42. The molecule has 0 spiro atoms. The van der Waals surface area contributed by atoms with Gasteiger partial charge in [-0.15, -0.1) is 0 Å². The Morgan fingerprint density at radius 3 is 2.42 bits per heavy atom. The topological polar surface area (TPSA) is 42.7 Å². The molecule has 4 nitrogen and oxygen atoms in total. The maximum absolute atomic E-state index is 12.9. The zero-order valence-corrected chi connectivity index (χ0v) is 14.9. The monoisotopic (exact) mass is 345 g/mol. The number of benzene rings is 3. The van der Waals surface area contributed by atoms with E-state index in [-0.39, 0.29) is 5.43 Å². The highest BCUT2D eigenvalue weighted by Gasteiger charge is 2.12. The molecule has 0 unspecified atom stereocenters. The van der Waals surface area contributed by atoms with E-state index < -0.39 is 0 Å². The van der Waals surface area contributed by atoms with Crippen molar-refractivity contribution in [2.24, 2.45) is 0 Å². The molecule has 0 atom stereocenters. The quantitative estimate of drug-likeness (QED) is 0.569. The van der Waals surface area contributed by atoms with Crippen LogP contribution in [-0.2, 0) is 0 Å². The van der Waals surface area contributed by atoms with Crippen molar-refractivity contribution in [3.63, 3.8) is 0 Å². The Hall–Kier alpha value is -3.27. The van der Waals surface area contributed by atoms with Crippen molar-refractivity contribution in [1.82, 2.24) is 0 Å². The van der Waals surface area contributed by atoms with Crippen molar-refractivity contribution in [3.05, 3.63) is 75.8 Å². The lowest BCUT2D eigenvalue weighted by Gasteiger charge is -2.11. The molecule has 26 heavy (non-hydrogen) atoms. The number of nitrogens with zero attached hydrogens (tertiary/aromatic N) is 1. The van der Waals surface area contributed by atoms with Crippen molar-refractivity contribution in [3.8, 4) is 5.75 Å². The Morgan fingerprint density at radius 2 is 1.73 bits per heavy atom. The van der Waals surface area contributed by atoms with Gasteiger partial charge in [0.25, 0.3) is 0 Å². The molecule has 0 aliphatic heterocycles. The van der Waals surface area contributed by atoms with Crippen LogP contribution >= 0.6 is 0 Å². The molecule has 0 amide bonds. The summed E-state index contributed by atoms with van der Waals surface area (Å²) in [5, 5.41) is 2.32. The Labute approximate surface area is 150 Å². The molecule has 0 saturated carbocycles. The lowest BCUT2D eigenvalue weighted by atomic mass is 10.0. The van der Waals surface area contributed by atoms with Gasteiger partial charge in [0.15, 0.2) is 5.42 Å². The van der Waals surface area contributed by atoms with Crippen LogP contribution in [0.25, 0.3) is 27.8 Å². The molecule has 0 fully saturated rings. The van der Waals surface area contributed by atoms with Crippen LogP contribution in [0.3, 0.4) is 0 Å². The fraction of sp³-hybridized carbons (Fsp3) is 0.136. The minimum absolute atomic E-state index is 0.118. The van der Waals surface area contributed by atoms with Gasteiger partial charge < -0.3 is 14.1 Å². The second kappa shape index (κ2) is 6.23. The van der Waals surface area contributed by atoms with E-state index in [0.717, 1.165) is 27.8 Å². The maximum Gasteiger partial charge on any atom is 0.228 e. The Balaban J connectivity index is 1.97. The number of hydrogen-bond acceptors (Lipinski definition) is 4. The van der Waals surface area contributed by atoms with Gasteiger partial charge in [-0.25, -0.2) is 0 Å². The zero-order valence-electron chi connectivity index (χ0n) is 14.9. The van der Waals surface area contributed by atoms with Crippen LogP contribution in [0.15, 0.2) is 63.8 Å². The fourth-order valence-corrected chi connectivity index (χ4v) is 3.21. The van der Waals surface area contributed by atoms with E-state index in [9.17, 15) is 4.79 Å². The lowest BCUT2D eigenvalue weighted by Crippen LogP contribution is -2.24. The fourth-order valence-electron chi connectivity index (χ4n) is 3.21. The number of rotatable bonds is 3. The molecule has 130 valence electrons. The predicted octanol–water partition coefficient (Wildman–Crippen LogP) is 3.57. The first-order valence-corrected chi connectivity index (χ1v) is 8.40. The third-order valence-electron chi connectivity index (χ3n) is 4.58. The van der Waals surface area contributed by atoms with Crippen LogP contribution in [0.2, 0.25) is 0 Å². The summed E-state index contributed by atoms with van der Waals surface area (Å²) in [4.78, 5) is 15.0. The summed E-state index contributed by atoms with van der Waals surface area (Å²) in [6.45, 7) is 0. The van der Waals surface area contributed by atoms with Gasteiger partial charge in [-0.2, -0.15) is 0 Å². The van der Waals surface area contributed by atoms with Crippen molar-refractivity contribution in [2.45, 2.75) is 0 Å². The number of methoxy groups -OCH3 is 1. The zero-order chi connectivity index (χ0) is 18.3. The van der Waals surface area contributed by atoms with Crippen LogP contribution in [0.5, 0.6) is 5.75 Å². The van der Waals surface area contributed by atoms with Crippen molar-refractivity contribution >= 4 is 33.5 Å². The molecule has 0 radical (unpaired) electrons. The molecular formula is C22H19NO3. The molecule has 0 N–H and O–H groups in total. The molecule has 1 heterocycles. The maximum atomic E-state index is 12.9. The highest BCUT2D eigenvalue weighted by Crippen LogP contribution is 2.31. The summed E-state index contributed by atoms with van der Waals surface area (Å²) in [5.41, 5.74) is 2.90. The highest BCUT2D eigenvalue weighted by molar-refractivity contribution is 6.09. The Kier molecular flexibility index (Phi) is 3.88. The van der Waals surface area contributed by atoms with Gasteiger partial charge in [0.1, 0.15) is 11.3 Å². The van der Waals surface area contributed by atoms with Crippen LogP contribution < -0.4 is 20.5 Å². The highest BCUT2D eigenvalue weighted by atomic mass is 16.5. The summed E-state index contributed by atoms with van der Waals surface area (Å²) in [6, 6.07) is 17.3. The number of anilines is 1. The van der Waals surface area contributed by atoms with Crippen LogP contribution in [0, 0.1) is 0 Å². The Morgan fingerprint density at radius 1 is 0.962 bits per heavy atom. The molecule has 0 aliphatic rings. The summed E-state index contributed by atoms with van der Waals surface area (Å²) in [6.07, 6.45) is 1.79. The minimum atomic E-state index is -0.118. The van der Waals surface area contributed by atoms with E-state index >= 15 is 0 Å². The van der Waals surface area contributed by atoms with Gasteiger partial charge in [0.05, 0.1) is 7.11 Å². The van der Waals surface area contributed by atoms with E-state index in [1.807, 2.05) is 67.5 Å². The van der Waals surface area contributed by atoms with Crippen molar-refractivity contribution in [1.29, 1.82) is 0 Å². The van der Waals surface area contributed by atoms with Crippen LogP contribution in [0.4, 0.5) is 5.69 Å². The van der Waals surface area contributed by atoms with Gasteiger partial charge in [0.2, 0.25) is 5.43 Å². The molecule has 4 aromatic rings. The third kappa shape index (κ3) is 2.60. The first-order valence-electron chi connectivity index (χ1n) is 8.40. The van der Waals surface area contributed by atoms with E-state index in [4.69, 9.17) is 9.15 Å². The molecule has 4 heteroatoms. The SMILES string of the molecule is COc1ccc2c(=O)c(=Cc3ccc(N(C)C)cc3)oc3cccc1c32. The third-order valence-corrected chi connectivity index (χ3v) is 4.58. The average molecular weight is 345 g/mol. The lowest BCUT2D eigenvalue weighted by molar-refractivity contribution is 0.420. The van der Waals surface area contributed by atoms with Gasteiger partial charge in [0, 0.05) is 35.9 Å². The molecule has 1 aromatic heterocycles. The van der Waals surface area contributed by atoms with Crippen molar-refractivity contribution < 1.29 is 9.15 Å². The summed E-state index contributed by atoms with van der Waals surface area (Å²) < 4.78 is 11.4. The van der Waals surface area contributed by atoms with Gasteiger partial charge in [-0.05, 0) is 42.0 Å². The normalized spacial score (nSPS) is 12.0. The summed E-state index contributed by atoms with van der Waals surface area (Å²) in [5.74, 6) is 0.730. The number of ether oxygens (including phenoxy) is 1. The largest absolute Gasteiger partial charge is 0.496 e. The first kappa shape index (κ1) is 16.2. The Bertz CT molecular complexity index is 1200. The van der Waals surface area contributed by atoms with Crippen LogP contribution in [-0.4, -0.2) is 21.2 Å². The summed E-state index contributed by atoms with van der Waals surface area (Å²) in [7, 11) is 5.61. The van der Waals surface area contributed by atoms with Gasteiger partial charge >= 0.3 is 0 Å². The molecule has 4 rings (SSSR count). The molecular weight excluding hydrogens is 326 g/mol. The van der Waals surface area contributed by atoms with E-state index in [1.165, 1.54) is 0 Å². The minimum Gasteiger partial charge on any atom is -0.496 e. The molecule has 0 saturated heterocycles.